The van der Waals surface area contributed by atoms with E-state index in [1.54, 1.807) is 6.20 Å². The summed E-state index contributed by atoms with van der Waals surface area (Å²) in [4.78, 5) is 34.3. The second-order valence-corrected chi connectivity index (χ2v) is 4.63. The van der Waals surface area contributed by atoms with Gasteiger partial charge in [0.15, 0.2) is 0 Å². The standard InChI is InChI=1S/C15H12ClNO4/c1-21-13(18)9-17-8-11(10-5-3-2-4-6-10)7-12(17)14(19)15(16)20/h2-8H,9H2,1H3. The average Bonchev–Trinajstić information content (AvgIpc) is 2.90. The average molecular weight is 306 g/mol. The first kappa shape index (κ1) is 15.0. The molecule has 0 N–H and O–H groups in total. The molecule has 21 heavy (non-hydrogen) atoms. The Hall–Kier alpha value is -2.40. The largest absolute Gasteiger partial charge is 0.468 e. The van der Waals surface area contributed by atoms with E-state index >= 15 is 0 Å². The van der Waals surface area contributed by atoms with E-state index in [1.807, 2.05) is 30.3 Å². The van der Waals surface area contributed by atoms with Gasteiger partial charge in [-0.25, -0.2) is 0 Å². The van der Waals surface area contributed by atoms with E-state index in [-0.39, 0.29) is 12.2 Å². The summed E-state index contributed by atoms with van der Waals surface area (Å²) in [7, 11) is 1.25. The Morgan fingerprint density at radius 2 is 1.81 bits per heavy atom. The molecule has 6 heteroatoms. The molecule has 0 amide bonds. The third-order valence-electron chi connectivity index (χ3n) is 2.94. The van der Waals surface area contributed by atoms with Crippen LogP contribution in [0, 0.1) is 0 Å². The Bertz CT molecular complexity index is 691. The van der Waals surface area contributed by atoms with Crippen LogP contribution in [0.2, 0.25) is 0 Å². The summed E-state index contributed by atoms with van der Waals surface area (Å²) in [5, 5.41) is -1.10. The second kappa shape index (κ2) is 6.37. The molecule has 0 saturated heterocycles. The Morgan fingerprint density at radius 1 is 1.14 bits per heavy atom. The lowest BCUT2D eigenvalue weighted by atomic mass is 10.1. The molecular formula is C15H12ClNO4. The number of halogens is 1. The molecule has 0 aliphatic heterocycles. The van der Waals surface area contributed by atoms with Crippen molar-refractivity contribution >= 4 is 28.6 Å². The molecule has 108 valence electrons. The van der Waals surface area contributed by atoms with Crippen LogP contribution in [0.15, 0.2) is 42.6 Å². The van der Waals surface area contributed by atoms with Crippen molar-refractivity contribution in [3.8, 4) is 11.1 Å². The van der Waals surface area contributed by atoms with Crippen LogP contribution >= 0.6 is 11.6 Å². The van der Waals surface area contributed by atoms with Gasteiger partial charge in [-0.3, -0.25) is 14.4 Å². The Morgan fingerprint density at radius 3 is 2.38 bits per heavy atom. The van der Waals surface area contributed by atoms with Gasteiger partial charge in [-0.1, -0.05) is 30.3 Å². The minimum absolute atomic E-state index is 0.0549. The zero-order valence-corrected chi connectivity index (χ0v) is 12.0. The molecule has 0 atom stereocenters. The molecule has 0 aliphatic carbocycles. The smallest absolute Gasteiger partial charge is 0.325 e. The second-order valence-electron chi connectivity index (χ2n) is 4.29. The zero-order chi connectivity index (χ0) is 15.4. The molecule has 1 aromatic carbocycles. The maximum Gasteiger partial charge on any atom is 0.325 e. The maximum atomic E-state index is 11.8. The molecule has 0 saturated carbocycles. The van der Waals surface area contributed by atoms with E-state index in [9.17, 15) is 14.4 Å². The SMILES string of the molecule is COC(=O)Cn1cc(-c2ccccc2)cc1C(=O)C(=O)Cl. The fourth-order valence-corrected chi connectivity index (χ4v) is 2.02. The van der Waals surface area contributed by atoms with Crippen molar-refractivity contribution in [1.82, 2.24) is 4.57 Å². The first-order chi connectivity index (χ1) is 10.0. The van der Waals surface area contributed by atoms with E-state index in [4.69, 9.17) is 11.6 Å². The van der Waals surface area contributed by atoms with Gasteiger partial charge in [0, 0.05) is 11.8 Å². The highest BCUT2D eigenvalue weighted by Gasteiger charge is 2.21. The lowest BCUT2D eigenvalue weighted by molar-refractivity contribution is -0.141. The van der Waals surface area contributed by atoms with Crippen molar-refractivity contribution in [3.63, 3.8) is 0 Å². The molecule has 0 unspecified atom stereocenters. The van der Waals surface area contributed by atoms with Gasteiger partial charge in [0.1, 0.15) is 6.54 Å². The van der Waals surface area contributed by atoms with E-state index < -0.39 is 17.0 Å². The van der Waals surface area contributed by atoms with Crippen LogP contribution in [0.5, 0.6) is 0 Å². The normalized spacial score (nSPS) is 10.2. The summed E-state index contributed by atoms with van der Waals surface area (Å²) in [5.74, 6) is -1.39. The molecule has 1 heterocycles. The zero-order valence-electron chi connectivity index (χ0n) is 11.2. The molecule has 5 nitrogen and oxygen atoms in total. The molecular weight excluding hydrogens is 294 g/mol. The van der Waals surface area contributed by atoms with Gasteiger partial charge in [-0.15, -0.1) is 0 Å². The number of ether oxygens (including phenoxy) is 1. The summed E-state index contributed by atoms with van der Waals surface area (Å²) >= 11 is 5.24. The Labute approximate surface area is 126 Å². The molecule has 2 aromatic rings. The number of rotatable bonds is 5. The fraction of sp³-hybridized carbons (Fsp3) is 0.133. The molecule has 0 fully saturated rings. The number of carbonyl (C=O) groups is 3. The van der Waals surface area contributed by atoms with Crippen molar-refractivity contribution < 1.29 is 19.1 Å². The summed E-state index contributed by atoms with van der Waals surface area (Å²) in [6.45, 7) is -0.172. The highest BCUT2D eigenvalue weighted by molar-refractivity contribution is 6.83. The number of nitrogens with zero attached hydrogens (tertiary/aromatic N) is 1. The minimum Gasteiger partial charge on any atom is -0.468 e. The van der Waals surface area contributed by atoms with Crippen molar-refractivity contribution in [2.75, 3.05) is 7.11 Å². The highest BCUT2D eigenvalue weighted by Crippen LogP contribution is 2.23. The van der Waals surface area contributed by atoms with Gasteiger partial charge in [-0.05, 0) is 23.2 Å². The van der Waals surface area contributed by atoms with Crippen LogP contribution in [0.3, 0.4) is 0 Å². The van der Waals surface area contributed by atoms with Crippen LogP contribution in [0.25, 0.3) is 11.1 Å². The number of methoxy groups -OCH3 is 1. The summed E-state index contributed by atoms with van der Waals surface area (Å²) in [6.07, 6.45) is 1.61. The first-order valence-corrected chi connectivity index (χ1v) is 6.47. The number of esters is 1. The Balaban J connectivity index is 2.46. The molecule has 2 rings (SSSR count). The number of benzene rings is 1. The number of ketones is 1. The van der Waals surface area contributed by atoms with Crippen LogP contribution in [0.1, 0.15) is 10.5 Å². The van der Waals surface area contributed by atoms with E-state index in [1.165, 1.54) is 17.7 Å². The third-order valence-corrected chi connectivity index (χ3v) is 3.11. The third kappa shape index (κ3) is 3.38. The van der Waals surface area contributed by atoms with Gasteiger partial charge in [0.25, 0.3) is 11.0 Å². The molecule has 0 spiro atoms. The van der Waals surface area contributed by atoms with E-state index in [0.29, 0.717) is 5.56 Å². The number of hydrogen-bond acceptors (Lipinski definition) is 4. The summed E-state index contributed by atoms with van der Waals surface area (Å²) < 4.78 is 5.93. The topological polar surface area (TPSA) is 65.4 Å². The molecule has 0 bridgehead atoms. The van der Waals surface area contributed by atoms with Crippen molar-refractivity contribution in [1.29, 1.82) is 0 Å². The van der Waals surface area contributed by atoms with Gasteiger partial charge in [-0.2, -0.15) is 0 Å². The van der Waals surface area contributed by atoms with Crippen LogP contribution < -0.4 is 0 Å². The predicted molar refractivity (Wildman–Crippen MR) is 77.1 cm³/mol. The molecule has 0 aliphatic rings. The van der Waals surface area contributed by atoms with Gasteiger partial charge in [0.05, 0.1) is 12.8 Å². The van der Waals surface area contributed by atoms with Crippen molar-refractivity contribution in [2.45, 2.75) is 6.54 Å². The number of Topliss-reactive ketones (excluding diaryl/α,β-unsaturated/α-hetero) is 1. The quantitative estimate of drug-likeness (QED) is 0.368. The number of carbonyl (C=O) groups excluding carboxylic acids is 3. The monoisotopic (exact) mass is 305 g/mol. The number of aromatic nitrogens is 1. The lowest BCUT2D eigenvalue weighted by Gasteiger charge is -2.04. The summed E-state index contributed by atoms with van der Waals surface area (Å²) in [6, 6.07) is 10.8. The van der Waals surface area contributed by atoms with Crippen LogP contribution in [0.4, 0.5) is 0 Å². The van der Waals surface area contributed by atoms with Gasteiger partial charge in [0.2, 0.25) is 0 Å². The van der Waals surface area contributed by atoms with Gasteiger partial charge >= 0.3 is 5.97 Å². The van der Waals surface area contributed by atoms with Crippen LogP contribution in [-0.2, 0) is 20.9 Å². The lowest BCUT2D eigenvalue weighted by Crippen LogP contribution is -2.18. The predicted octanol–water partition coefficient (Wildman–Crippen LogP) is 2.28. The van der Waals surface area contributed by atoms with E-state index in [0.717, 1.165) is 5.56 Å². The highest BCUT2D eigenvalue weighted by atomic mass is 35.5. The number of hydrogen-bond donors (Lipinski definition) is 0. The van der Waals surface area contributed by atoms with Crippen molar-refractivity contribution in [3.05, 3.63) is 48.3 Å². The first-order valence-electron chi connectivity index (χ1n) is 6.09. The Kier molecular flexibility index (Phi) is 4.55. The van der Waals surface area contributed by atoms with Gasteiger partial charge < -0.3 is 9.30 Å². The van der Waals surface area contributed by atoms with E-state index in [2.05, 4.69) is 4.74 Å². The maximum absolute atomic E-state index is 11.8. The van der Waals surface area contributed by atoms with Crippen LogP contribution in [-0.4, -0.2) is 28.7 Å². The molecule has 0 radical (unpaired) electrons. The minimum atomic E-state index is -1.10. The summed E-state index contributed by atoms with van der Waals surface area (Å²) in [5.41, 5.74) is 1.62. The van der Waals surface area contributed by atoms with Crippen molar-refractivity contribution in [2.24, 2.45) is 0 Å². The fourth-order valence-electron chi connectivity index (χ4n) is 1.92. The molecule has 1 aromatic heterocycles.